The van der Waals surface area contributed by atoms with Crippen LogP contribution >= 0.6 is 0 Å². The molecular weight excluding hydrogens is 441 g/mol. The predicted octanol–water partition coefficient (Wildman–Crippen LogP) is 4.40. The van der Waals surface area contributed by atoms with Gasteiger partial charge in [0.05, 0.1) is 30.0 Å². The van der Waals surface area contributed by atoms with E-state index in [1.165, 1.54) is 12.1 Å². The van der Waals surface area contributed by atoms with Gasteiger partial charge >= 0.3 is 0 Å². The van der Waals surface area contributed by atoms with Crippen LogP contribution in [0, 0.1) is 5.82 Å². The van der Waals surface area contributed by atoms with Crippen molar-refractivity contribution in [3.05, 3.63) is 82.8 Å². The Kier molecular flexibility index (Phi) is 5.77. The van der Waals surface area contributed by atoms with Gasteiger partial charge < -0.3 is 10.6 Å². The van der Waals surface area contributed by atoms with Crippen LogP contribution in [0.2, 0.25) is 0 Å². The largest absolute Gasteiger partial charge is 0.397 e. The Balaban J connectivity index is 1.25. The van der Waals surface area contributed by atoms with Gasteiger partial charge in [0.25, 0.3) is 5.92 Å². The molecule has 34 heavy (non-hydrogen) atoms. The Bertz CT molecular complexity index is 1230. The molecule has 2 aliphatic heterocycles. The van der Waals surface area contributed by atoms with Crippen molar-refractivity contribution in [2.24, 2.45) is 0 Å². The second-order valence-corrected chi connectivity index (χ2v) is 9.09. The van der Waals surface area contributed by atoms with Crippen LogP contribution in [-0.2, 0) is 30.8 Å². The molecule has 0 saturated carbocycles. The fourth-order valence-corrected chi connectivity index (χ4v) is 4.61. The maximum Gasteiger partial charge on any atom is 0.261 e. The second-order valence-electron chi connectivity index (χ2n) is 9.09. The van der Waals surface area contributed by atoms with Gasteiger partial charge in [-0.05, 0) is 53.1 Å². The summed E-state index contributed by atoms with van der Waals surface area (Å²) in [5.74, 6) is -3.03. The van der Waals surface area contributed by atoms with Crippen LogP contribution in [0.15, 0.2) is 54.6 Å². The Hall–Kier alpha value is -3.39. The summed E-state index contributed by atoms with van der Waals surface area (Å²) in [4.78, 5) is 21.1. The number of rotatable bonds is 5. The molecule has 0 radical (unpaired) electrons. The highest BCUT2D eigenvalue weighted by Crippen LogP contribution is 2.30. The van der Waals surface area contributed by atoms with Crippen molar-refractivity contribution in [2.45, 2.75) is 38.4 Å². The van der Waals surface area contributed by atoms with Gasteiger partial charge in [-0.15, -0.1) is 0 Å². The van der Waals surface area contributed by atoms with Gasteiger partial charge in [-0.3, -0.25) is 14.7 Å². The van der Waals surface area contributed by atoms with E-state index in [1.807, 2.05) is 18.2 Å². The first-order chi connectivity index (χ1) is 16.3. The number of fused-ring (bicyclic) bond motifs is 1. The van der Waals surface area contributed by atoms with Crippen LogP contribution in [0.3, 0.4) is 0 Å². The number of anilines is 1. The van der Waals surface area contributed by atoms with Gasteiger partial charge in [-0.25, -0.2) is 13.2 Å². The molecule has 2 aliphatic rings. The molecule has 8 heteroatoms. The molecule has 0 spiro atoms. The van der Waals surface area contributed by atoms with Gasteiger partial charge in [0.2, 0.25) is 5.91 Å². The predicted molar refractivity (Wildman–Crippen MR) is 123 cm³/mol. The number of carbonyl (C=O) groups is 1. The van der Waals surface area contributed by atoms with E-state index >= 15 is 0 Å². The third-order valence-corrected chi connectivity index (χ3v) is 6.47. The quantitative estimate of drug-likeness (QED) is 0.606. The summed E-state index contributed by atoms with van der Waals surface area (Å²) < 4.78 is 40.2. The lowest BCUT2D eigenvalue weighted by Crippen LogP contribution is -2.27. The van der Waals surface area contributed by atoms with Gasteiger partial charge in [-0.1, -0.05) is 18.2 Å². The maximum absolute atomic E-state index is 13.5. The zero-order valence-corrected chi connectivity index (χ0v) is 18.6. The van der Waals surface area contributed by atoms with E-state index in [2.05, 4.69) is 4.98 Å². The molecule has 0 bridgehead atoms. The lowest BCUT2D eigenvalue weighted by Gasteiger charge is -2.16. The molecule has 0 atom stereocenters. The van der Waals surface area contributed by atoms with E-state index in [0.29, 0.717) is 43.3 Å². The normalized spacial score (nSPS) is 17.2. The van der Waals surface area contributed by atoms with Crippen LogP contribution in [0.25, 0.3) is 11.3 Å². The molecule has 2 aromatic carbocycles. The smallest absolute Gasteiger partial charge is 0.261 e. The minimum atomic E-state index is -2.61. The lowest BCUT2D eigenvalue weighted by atomic mass is 10.1. The summed E-state index contributed by atoms with van der Waals surface area (Å²) in [5.41, 5.74) is 11.4. The van der Waals surface area contributed by atoms with Gasteiger partial charge in [0.1, 0.15) is 5.82 Å². The maximum atomic E-state index is 13.5. The van der Waals surface area contributed by atoms with Gasteiger partial charge in [-0.2, -0.15) is 0 Å². The third kappa shape index (κ3) is 4.77. The molecule has 0 aliphatic carbocycles. The van der Waals surface area contributed by atoms with Crippen LogP contribution in [0.5, 0.6) is 0 Å². The monoisotopic (exact) mass is 466 g/mol. The van der Waals surface area contributed by atoms with Crippen molar-refractivity contribution in [3.8, 4) is 11.3 Å². The molecule has 176 valence electrons. The highest BCUT2D eigenvalue weighted by atomic mass is 19.3. The zero-order valence-electron chi connectivity index (χ0n) is 18.6. The molecule has 5 rings (SSSR count). The number of nitrogens with zero attached hydrogens (tertiary/aromatic N) is 3. The molecule has 1 aromatic heterocycles. The molecule has 0 unspecified atom stereocenters. The standard InChI is InChI=1S/C26H25F3N4O/c27-21-5-3-18(4-6-21)23-8-7-22(30)24(31-23)12-25(34)33-14-19-2-1-17(11-20(19)15-33)13-32-10-9-26(28,29)16-32/h1-8,11H,9-10,12-16,30H2. The minimum Gasteiger partial charge on any atom is -0.397 e. The van der Waals surface area contributed by atoms with E-state index < -0.39 is 5.92 Å². The topological polar surface area (TPSA) is 62.5 Å². The van der Waals surface area contributed by atoms with Crippen LogP contribution in [-0.4, -0.2) is 39.7 Å². The average Bonchev–Trinajstić information content (AvgIpc) is 3.38. The first-order valence-corrected chi connectivity index (χ1v) is 11.3. The SMILES string of the molecule is Nc1ccc(-c2ccc(F)cc2)nc1CC(=O)N1Cc2ccc(CN3CCC(F)(F)C3)cc2C1. The number of likely N-dealkylation sites (tertiary alicyclic amines) is 1. The number of carbonyl (C=O) groups excluding carboxylic acids is 1. The van der Waals surface area contributed by atoms with E-state index in [4.69, 9.17) is 5.73 Å². The fourth-order valence-electron chi connectivity index (χ4n) is 4.61. The van der Waals surface area contributed by atoms with E-state index in [1.54, 1.807) is 34.1 Å². The summed E-state index contributed by atoms with van der Waals surface area (Å²) in [6.07, 6.45) is -0.0374. The van der Waals surface area contributed by atoms with E-state index in [9.17, 15) is 18.0 Å². The number of nitrogens with two attached hydrogens (primary N) is 1. The first kappa shape index (κ1) is 22.4. The Morgan fingerprint density at radius 2 is 1.79 bits per heavy atom. The molecule has 2 N–H and O–H groups in total. The summed E-state index contributed by atoms with van der Waals surface area (Å²) in [6, 6.07) is 15.4. The van der Waals surface area contributed by atoms with Crippen molar-refractivity contribution >= 4 is 11.6 Å². The molecule has 1 saturated heterocycles. The van der Waals surface area contributed by atoms with Crippen LogP contribution in [0.1, 0.15) is 28.8 Å². The van der Waals surface area contributed by atoms with Gasteiger partial charge in [0, 0.05) is 38.2 Å². The van der Waals surface area contributed by atoms with Crippen LogP contribution in [0.4, 0.5) is 18.9 Å². The number of aromatic nitrogens is 1. The Labute approximate surface area is 196 Å². The van der Waals surface area contributed by atoms with Crippen LogP contribution < -0.4 is 5.73 Å². The molecular formula is C26H25F3N4O. The number of benzene rings is 2. The number of amides is 1. The minimum absolute atomic E-state index is 0.0601. The van der Waals surface area contributed by atoms with Crippen molar-refractivity contribution in [2.75, 3.05) is 18.8 Å². The number of pyridine rings is 1. The Morgan fingerprint density at radius 3 is 2.53 bits per heavy atom. The number of nitrogen functional groups attached to an aromatic ring is 1. The summed E-state index contributed by atoms with van der Waals surface area (Å²) >= 11 is 0. The Morgan fingerprint density at radius 1 is 1.03 bits per heavy atom. The molecule has 1 fully saturated rings. The fraction of sp³-hybridized carbons (Fsp3) is 0.308. The molecule has 3 aromatic rings. The second kappa shape index (κ2) is 8.76. The third-order valence-electron chi connectivity index (χ3n) is 6.47. The molecule has 1 amide bonds. The highest BCUT2D eigenvalue weighted by molar-refractivity contribution is 5.81. The van der Waals surface area contributed by atoms with E-state index in [-0.39, 0.29) is 31.1 Å². The molecule has 3 heterocycles. The van der Waals surface area contributed by atoms with Crippen molar-refractivity contribution in [1.29, 1.82) is 0 Å². The summed E-state index contributed by atoms with van der Waals surface area (Å²) in [6.45, 7) is 1.62. The van der Waals surface area contributed by atoms with Crippen molar-refractivity contribution in [3.63, 3.8) is 0 Å². The highest BCUT2D eigenvalue weighted by Gasteiger charge is 2.38. The van der Waals surface area contributed by atoms with Crippen molar-refractivity contribution in [1.82, 2.24) is 14.8 Å². The lowest BCUT2D eigenvalue weighted by molar-refractivity contribution is -0.131. The summed E-state index contributed by atoms with van der Waals surface area (Å²) in [7, 11) is 0. The number of halogens is 3. The zero-order chi connectivity index (χ0) is 23.9. The average molecular weight is 467 g/mol. The molecule has 5 nitrogen and oxygen atoms in total. The van der Waals surface area contributed by atoms with Gasteiger partial charge in [0.15, 0.2) is 0 Å². The summed E-state index contributed by atoms with van der Waals surface area (Å²) in [5, 5.41) is 0. The number of alkyl halides is 2. The van der Waals surface area contributed by atoms with Crippen molar-refractivity contribution < 1.29 is 18.0 Å². The number of hydrogen-bond donors (Lipinski definition) is 1. The van der Waals surface area contributed by atoms with E-state index in [0.717, 1.165) is 22.3 Å². The first-order valence-electron chi connectivity index (χ1n) is 11.3. The number of hydrogen-bond acceptors (Lipinski definition) is 4.